The number of rotatable bonds is 2. The Hall–Kier alpha value is -1.02. The van der Waals surface area contributed by atoms with Crippen molar-refractivity contribution in [1.29, 1.82) is 0 Å². The smallest absolute Gasteiger partial charge is 0.0409 e. The maximum atomic E-state index is 5.70. The predicted octanol–water partition coefficient (Wildman–Crippen LogP) is 1.72. The first-order chi connectivity index (χ1) is 6.36. The molecule has 1 aromatic carbocycles. The second-order valence-electron chi connectivity index (χ2n) is 3.55. The normalized spacial score (nSPS) is 19.7. The molecule has 1 aliphatic rings. The molecule has 1 aromatic rings. The van der Waals surface area contributed by atoms with E-state index in [1.54, 1.807) is 0 Å². The Balaban J connectivity index is 2.43. The predicted molar refractivity (Wildman–Crippen MR) is 56.1 cm³/mol. The minimum atomic E-state index is 0.515. The van der Waals surface area contributed by atoms with Crippen molar-refractivity contribution in [3.8, 4) is 0 Å². The van der Waals surface area contributed by atoms with Crippen LogP contribution in [0.15, 0.2) is 18.2 Å². The molecule has 3 N–H and O–H groups in total. The topological polar surface area (TPSA) is 38.0 Å². The fraction of sp³-hybridized carbons (Fsp3) is 0.455. The average Bonchev–Trinajstić information content (AvgIpc) is 2.60. The molecule has 0 aliphatic carbocycles. The zero-order valence-electron chi connectivity index (χ0n) is 8.01. The van der Waals surface area contributed by atoms with Crippen molar-refractivity contribution in [3.63, 3.8) is 0 Å². The van der Waals surface area contributed by atoms with Crippen LogP contribution in [0.25, 0.3) is 0 Å². The minimum Gasteiger partial charge on any atom is -0.384 e. The van der Waals surface area contributed by atoms with Gasteiger partial charge in [-0.05, 0) is 17.5 Å². The molecule has 0 radical (unpaired) electrons. The highest BCUT2D eigenvalue weighted by molar-refractivity contribution is 5.63. The Morgan fingerprint density at radius 3 is 3.08 bits per heavy atom. The van der Waals surface area contributed by atoms with Crippen molar-refractivity contribution in [2.24, 2.45) is 5.73 Å². The van der Waals surface area contributed by atoms with Crippen molar-refractivity contribution in [2.75, 3.05) is 18.4 Å². The molecule has 0 fully saturated rings. The number of fused-ring (bicyclic) bond motifs is 1. The number of anilines is 1. The molecule has 2 rings (SSSR count). The van der Waals surface area contributed by atoms with Gasteiger partial charge in [-0.2, -0.15) is 0 Å². The first-order valence-electron chi connectivity index (χ1n) is 4.92. The molecular weight excluding hydrogens is 160 g/mol. The fourth-order valence-corrected chi connectivity index (χ4v) is 2.02. The van der Waals surface area contributed by atoms with Gasteiger partial charge in [0.15, 0.2) is 0 Å². The molecule has 0 bridgehead atoms. The molecule has 0 aromatic heterocycles. The Morgan fingerprint density at radius 2 is 2.38 bits per heavy atom. The highest BCUT2D eigenvalue weighted by atomic mass is 14.9. The van der Waals surface area contributed by atoms with E-state index in [0.29, 0.717) is 5.92 Å². The zero-order valence-corrected chi connectivity index (χ0v) is 8.01. The summed E-state index contributed by atoms with van der Waals surface area (Å²) in [6.07, 6.45) is 1.09. The first kappa shape index (κ1) is 8.57. The monoisotopic (exact) mass is 176 g/mol. The molecule has 1 aliphatic heterocycles. The lowest BCUT2D eigenvalue weighted by Gasteiger charge is -2.07. The van der Waals surface area contributed by atoms with Crippen molar-refractivity contribution in [3.05, 3.63) is 29.3 Å². The number of nitrogens with one attached hydrogen (secondary N) is 1. The summed E-state index contributed by atoms with van der Waals surface area (Å²) in [4.78, 5) is 0. The molecule has 0 saturated carbocycles. The van der Waals surface area contributed by atoms with Crippen LogP contribution in [0.4, 0.5) is 5.69 Å². The van der Waals surface area contributed by atoms with Crippen molar-refractivity contribution in [2.45, 2.75) is 19.3 Å². The van der Waals surface area contributed by atoms with Crippen LogP contribution in [-0.4, -0.2) is 13.1 Å². The largest absolute Gasteiger partial charge is 0.384 e. The van der Waals surface area contributed by atoms with Crippen LogP contribution in [-0.2, 0) is 6.42 Å². The van der Waals surface area contributed by atoms with Crippen LogP contribution in [0.5, 0.6) is 0 Å². The number of hydrogen-bond donors (Lipinski definition) is 2. The van der Waals surface area contributed by atoms with Crippen molar-refractivity contribution >= 4 is 5.69 Å². The van der Waals surface area contributed by atoms with Gasteiger partial charge in [0.25, 0.3) is 0 Å². The van der Waals surface area contributed by atoms with Crippen LogP contribution in [0.2, 0.25) is 0 Å². The van der Waals surface area contributed by atoms with Crippen LogP contribution >= 0.6 is 0 Å². The summed E-state index contributed by atoms with van der Waals surface area (Å²) in [5.41, 5.74) is 9.85. The van der Waals surface area contributed by atoms with Gasteiger partial charge in [0, 0.05) is 24.7 Å². The first-order valence-corrected chi connectivity index (χ1v) is 4.92. The molecule has 2 heteroatoms. The molecule has 13 heavy (non-hydrogen) atoms. The van der Waals surface area contributed by atoms with Gasteiger partial charge in [-0.15, -0.1) is 0 Å². The summed E-state index contributed by atoms with van der Waals surface area (Å²) in [5, 5.41) is 3.44. The van der Waals surface area contributed by atoms with Gasteiger partial charge >= 0.3 is 0 Å². The van der Waals surface area contributed by atoms with Gasteiger partial charge in [0.2, 0.25) is 0 Å². The zero-order chi connectivity index (χ0) is 9.26. The third kappa shape index (κ3) is 1.31. The van der Waals surface area contributed by atoms with Gasteiger partial charge < -0.3 is 11.1 Å². The highest BCUT2D eigenvalue weighted by Crippen LogP contribution is 2.33. The number of hydrogen-bond acceptors (Lipinski definition) is 2. The lowest BCUT2D eigenvalue weighted by molar-refractivity contribution is 0.767. The summed E-state index contributed by atoms with van der Waals surface area (Å²) >= 11 is 0. The summed E-state index contributed by atoms with van der Waals surface area (Å²) < 4.78 is 0. The fourth-order valence-electron chi connectivity index (χ4n) is 2.02. The maximum Gasteiger partial charge on any atom is 0.0409 e. The van der Waals surface area contributed by atoms with E-state index in [-0.39, 0.29) is 0 Å². The van der Waals surface area contributed by atoms with E-state index in [1.165, 1.54) is 16.8 Å². The molecule has 1 atom stereocenters. The second-order valence-corrected chi connectivity index (χ2v) is 3.55. The average molecular weight is 176 g/mol. The Labute approximate surface area is 79.1 Å². The standard InChI is InChI=1S/C11H16N2/c1-2-8-4-3-5-10-9(6-12)7-13-11(8)10/h3-5,9,13H,2,6-7,12H2,1H3. The van der Waals surface area contributed by atoms with Gasteiger partial charge in [-0.1, -0.05) is 25.1 Å². The van der Waals surface area contributed by atoms with Gasteiger partial charge in [-0.25, -0.2) is 0 Å². The number of nitrogens with two attached hydrogens (primary N) is 1. The lowest BCUT2D eigenvalue weighted by atomic mass is 9.98. The van der Waals surface area contributed by atoms with E-state index in [1.807, 2.05) is 0 Å². The van der Waals surface area contributed by atoms with E-state index in [0.717, 1.165) is 19.5 Å². The van der Waals surface area contributed by atoms with Crippen molar-refractivity contribution in [1.82, 2.24) is 0 Å². The Morgan fingerprint density at radius 1 is 1.54 bits per heavy atom. The third-order valence-corrected chi connectivity index (χ3v) is 2.81. The molecule has 2 nitrogen and oxygen atoms in total. The molecule has 0 spiro atoms. The molecule has 1 heterocycles. The summed E-state index contributed by atoms with van der Waals surface area (Å²) in [6, 6.07) is 6.50. The number of aryl methyl sites for hydroxylation is 1. The molecule has 0 saturated heterocycles. The van der Waals surface area contributed by atoms with Crippen LogP contribution in [0.3, 0.4) is 0 Å². The van der Waals surface area contributed by atoms with Gasteiger partial charge in [-0.3, -0.25) is 0 Å². The summed E-state index contributed by atoms with van der Waals surface area (Å²) in [7, 11) is 0. The van der Waals surface area contributed by atoms with Crippen LogP contribution < -0.4 is 11.1 Å². The van der Waals surface area contributed by atoms with E-state index in [4.69, 9.17) is 5.73 Å². The second kappa shape index (κ2) is 3.38. The number of benzene rings is 1. The minimum absolute atomic E-state index is 0.515. The molecular formula is C11H16N2. The van der Waals surface area contributed by atoms with Crippen LogP contribution in [0.1, 0.15) is 24.0 Å². The van der Waals surface area contributed by atoms with Crippen LogP contribution in [0, 0.1) is 0 Å². The van der Waals surface area contributed by atoms with Gasteiger partial charge in [0.1, 0.15) is 0 Å². The maximum absolute atomic E-state index is 5.70. The SMILES string of the molecule is CCc1cccc2c1NCC2CN. The Bertz CT molecular complexity index is 307. The van der Waals surface area contributed by atoms with E-state index in [2.05, 4.69) is 30.4 Å². The highest BCUT2D eigenvalue weighted by Gasteiger charge is 2.21. The van der Waals surface area contributed by atoms with Crippen molar-refractivity contribution < 1.29 is 0 Å². The lowest BCUT2D eigenvalue weighted by Crippen LogP contribution is -2.13. The number of para-hydroxylation sites is 1. The molecule has 1 unspecified atom stereocenters. The van der Waals surface area contributed by atoms with E-state index < -0.39 is 0 Å². The quantitative estimate of drug-likeness (QED) is 0.720. The van der Waals surface area contributed by atoms with E-state index >= 15 is 0 Å². The summed E-state index contributed by atoms with van der Waals surface area (Å²) in [5.74, 6) is 0.515. The molecule has 0 amide bonds. The Kier molecular flexibility index (Phi) is 2.23. The van der Waals surface area contributed by atoms with Gasteiger partial charge in [0.05, 0.1) is 0 Å². The van der Waals surface area contributed by atoms with E-state index in [9.17, 15) is 0 Å². The third-order valence-electron chi connectivity index (χ3n) is 2.81. The molecule has 70 valence electrons. The summed E-state index contributed by atoms with van der Waals surface area (Å²) in [6.45, 7) is 3.93.